The maximum Gasteiger partial charge on any atom is 0.178 e. The van der Waals surface area contributed by atoms with E-state index in [1.807, 2.05) is 6.92 Å². The summed E-state index contributed by atoms with van der Waals surface area (Å²) in [5.41, 5.74) is 0.569. The molecule has 0 atom stereocenters. The fourth-order valence-electron chi connectivity index (χ4n) is 1.03. The van der Waals surface area contributed by atoms with E-state index in [4.69, 9.17) is 0 Å². The minimum absolute atomic E-state index is 0.323. The Hall–Kier alpha value is -0.840. The second-order valence-corrected chi connectivity index (χ2v) is 4.69. The van der Waals surface area contributed by atoms with Crippen molar-refractivity contribution in [3.63, 3.8) is 0 Å². The summed E-state index contributed by atoms with van der Waals surface area (Å²) in [5.74, 6) is 0. The molecule has 0 aromatic carbocycles. The molecule has 1 aromatic heterocycles. The van der Waals surface area contributed by atoms with Crippen LogP contribution in [0.2, 0.25) is 0 Å². The number of hydrogen-bond acceptors (Lipinski definition) is 3. The Labute approximate surface area is 72.1 Å². The topological polar surface area (TPSA) is 52.0 Å². The quantitative estimate of drug-likeness (QED) is 0.683. The van der Waals surface area contributed by atoms with Crippen LogP contribution in [0.4, 0.5) is 0 Å². The van der Waals surface area contributed by atoms with E-state index in [1.54, 1.807) is 17.8 Å². The predicted octanol–water partition coefficient (Wildman–Crippen LogP) is 0.615. The van der Waals surface area contributed by atoms with Crippen LogP contribution in [0.3, 0.4) is 0 Å². The molecule has 0 aliphatic rings. The Balaban J connectivity index is 3.27. The van der Waals surface area contributed by atoms with E-state index in [-0.39, 0.29) is 0 Å². The molecule has 0 radical (unpaired) electrons. The van der Waals surface area contributed by atoms with Gasteiger partial charge in [0, 0.05) is 19.0 Å². The lowest BCUT2D eigenvalue weighted by Gasteiger charge is -1.91. The van der Waals surface area contributed by atoms with Crippen LogP contribution in [0.5, 0.6) is 0 Å². The highest BCUT2D eigenvalue weighted by molar-refractivity contribution is 7.90. The molecule has 0 fully saturated rings. The number of rotatable bonds is 2. The smallest absolute Gasteiger partial charge is 0.178 e. The molecule has 12 heavy (non-hydrogen) atoms. The molecule has 0 saturated carbocycles. The summed E-state index contributed by atoms with van der Waals surface area (Å²) in [6.45, 7) is 4.30. The zero-order valence-corrected chi connectivity index (χ0v) is 8.22. The molecule has 0 unspecified atom stereocenters. The summed E-state index contributed by atoms with van der Waals surface area (Å²) >= 11 is 0. The van der Waals surface area contributed by atoms with Gasteiger partial charge in [-0.3, -0.25) is 4.68 Å². The van der Waals surface area contributed by atoms with Crippen molar-refractivity contribution >= 4 is 9.84 Å². The zero-order valence-electron chi connectivity index (χ0n) is 7.40. The number of hydrogen-bond donors (Lipinski definition) is 0. The third-order valence-electron chi connectivity index (χ3n) is 1.62. The second-order valence-electron chi connectivity index (χ2n) is 2.71. The first-order valence-corrected chi connectivity index (χ1v) is 5.58. The first-order valence-electron chi connectivity index (χ1n) is 3.69. The van der Waals surface area contributed by atoms with Crippen molar-refractivity contribution in [3.05, 3.63) is 11.9 Å². The fraction of sp³-hybridized carbons (Fsp3) is 0.571. The van der Waals surface area contributed by atoms with Crippen molar-refractivity contribution in [1.29, 1.82) is 0 Å². The third-order valence-corrected chi connectivity index (χ3v) is 2.82. The molecule has 5 heteroatoms. The van der Waals surface area contributed by atoms with Crippen LogP contribution in [0.15, 0.2) is 11.1 Å². The predicted molar refractivity (Wildman–Crippen MR) is 45.7 cm³/mol. The van der Waals surface area contributed by atoms with Crippen molar-refractivity contribution in [1.82, 2.24) is 9.78 Å². The van der Waals surface area contributed by atoms with Crippen LogP contribution in [0.25, 0.3) is 0 Å². The van der Waals surface area contributed by atoms with Gasteiger partial charge in [-0.15, -0.1) is 0 Å². The largest absolute Gasteiger partial charge is 0.271 e. The van der Waals surface area contributed by atoms with Gasteiger partial charge in [0.05, 0.1) is 5.69 Å². The molecule has 68 valence electrons. The first kappa shape index (κ1) is 9.25. The van der Waals surface area contributed by atoms with Crippen molar-refractivity contribution in [3.8, 4) is 0 Å². The van der Waals surface area contributed by atoms with Gasteiger partial charge in [0.25, 0.3) is 0 Å². The standard InChI is InChI=1S/C7H12N2O2S/c1-4-9-5-7(6(2)8-9)12(3,10)11/h5H,4H2,1-3H3. The first-order chi connectivity index (χ1) is 5.45. The third kappa shape index (κ3) is 1.66. The SMILES string of the molecule is CCn1cc(S(C)(=O)=O)c(C)n1. The van der Waals surface area contributed by atoms with Gasteiger partial charge in [0.2, 0.25) is 0 Å². The van der Waals surface area contributed by atoms with Crippen molar-refractivity contribution in [2.75, 3.05) is 6.26 Å². The minimum atomic E-state index is -3.11. The van der Waals surface area contributed by atoms with Crippen LogP contribution < -0.4 is 0 Å². The Kier molecular flexibility index (Phi) is 2.23. The van der Waals surface area contributed by atoms with E-state index < -0.39 is 9.84 Å². The van der Waals surface area contributed by atoms with Gasteiger partial charge in [-0.25, -0.2) is 8.42 Å². The van der Waals surface area contributed by atoms with Gasteiger partial charge in [0.1, 0.15) is 4.90 Å². The van der Waals surface area contributed by atoms with Crippen LogP contribution in [-0.4, -0.2) is 24.5 Å². The molecule has 0 spiro atoms. The fourth-order valence-corrected chi connectivity index (χ4v) is 1.92. The van der Waals surface area contributed by atoms with Crippen LogP contribution in [0.1, 0.15) is 12.6 Å². The lowest BCUT2D eigenvalue weighted by molar-refractivity contribution is 0.601. The van der Waals surface area contributed by atoms with E-state index in [0.717, 1.165) is 0 Å². The summed E-state index contributed by atoms with van der Waals surface area (Å²) in [5, 5.41) is 4.03. The van der Waals surface area contributed by atoms with E-state index in [0.29, 0.717) is 17.1 Å². The molecule has 0 N–H and O–H groups in total. The molecular formula is C7H12N2O2S. The highest BCUT2D eigenvalue weighted by Gasteiger charge is 2.13. The Bertz CT molecular complexity index is 378. The normalized spacial score (nSPS) is 11.9. The molecule has 4 nitrogen and oxygen atoms in total. The number of sulfone groups is 1. The molecule has 0 aliphatic heterocycles. The number of aromatic nitrogens is 2. The molecule has 1 rings (SSSR count). The Morgan fingerprint density at radius 1 is 1.58 bits per heavy atom. The Morgan fingerprint density at radius 3 is 2.42 bits per heavy atom. The number of aryl methyl sites for hydroxylation is 2. The Morgan fingerprint density at radius 2 is 2.17 bits per heavy atom. The molecule has 1 heterocycles. The molecule has 0 aliphatic carbocycles. The average Bonchev–Trinajstić information content (AvgIpc) is 2.29. The monoisotopic (exact) mass is 188 g/mol. The summed E-state index contributed by atoms with van der Waals surface area (Å²) < 4.78 is 23.9. The summed E-state index contributed by atoms with van der Waals surface area (Å²) in [7, 11) is -3.11. The summed E-state index contributed by atoms with van der Waals surface area (Å²) in [6, 6.07) is 0. The highest BCUT2D eigenvalue weighted by atomic mass is 32.2. The van der Waals surface area contributed by atoms with E-state index in [1.165, 1.54) is 6.26 Å². The highest BCUT2D eigenvalue weighted by Crippen LogP contribution is 2.12. The van der Waals surface area contributed by atoms with Crippen molar-refractivity contribution in [2.24, 2.45) is 0 Å². The van der Waals surface area contributed by atoms with Crippen LogP contribution >= 0.6 is 0 Å². The second kappa shape index (κ2) is 2.90. The van der Waals surface area contributed by atoms with E-state index in [9.17, 15) is 8.42 Å². The van der Waals surface area contributed by atoms with Crippen LogP contribution in [-0.2, 0) is 16.4 Å². The van der Waals surface area contributed by atoms with Gasteiger partial charge in [-0.2, -0.15) is 5.10 Å². The maximum atomic E-state index is 11.1. The summed E-state index contributed by atoms with van der Waals surface area (Å²) in [4.78, 5) is 0.323. The summed E-state index contributed by atoms with van der Waals surface area (Å²) in [6.07, 6.45) is 2.75. The van der Waals surface area contributed by atoms with E-state index >= 15 is 0 Å². The van der Waals surface area contributed by atoms with Crippen molar-refractivity contribution < 1.29 is 8.42 Å². The molecule has 0 amide bonds. The molecule has 0 saturated heterocycles. The molecular weight excluding hydrogens is 176 g/mol. The molecule has 1 aromatic rings. The van der Waals surface area contributed by atoms with Crippen LogP contribution in [0, 0.1) is 6.92 Å². The van der Waals surface area contributed by atoms with Crippen molar-refractivity contribution in [2.45, 2.75) is 25.3 Å². The lowest BCUT2D eigenvalue weighted by Crippen LogP contribution is -1.97. The van der Waals surface area contributed by atoms with Gasteiger partial charge in [-0.05, 0) is 13.8 Å². The van der Waals surface area contributed by atoms with E-state index in [2.05, 4.69) is 5.10 Å². The van der Waals surface area contributed by atoms with Gasteiger partial charge < -0.3 is 0 Å². The zero-order chi connectivity index (χ0) is 9.35. The minimum Gasteiger partial charge on any atom is -0.271 e. The van der Waals surface area contributed by atoms with Gasteiger partial charge >= 0.3 is 0 Å². The lowest BCUT2D eigenvalue weighted by atomic mass is 10.5. The maximum absolute atomic E-state index is 11.1. The van der Waals surface area contributed by atoms with Gasteiger partial charge in [0.15, 0.2) is 9.84 Å². The molecule has 0 bridgehead atoms. The number of nitrogens with zero attached hydrogens (tertiary/aromatic N) is 2. The average molecular weight is 188 g/mol. The van der Waals surface area contributed by atoms with Gasteiger partial charge in [-0.1, -0.05) is 0 Å².